The summed E-state index contributed by atoms with van der Waals surface area (Å²) >= 11 is 3.42. The first kappa shape index (κ1) is 17.1. The van der Waals surface area contributed by atoms with Crippen LogP contribution in [0.1, 0.15) is 38.2 Å². The van der Waals surface area contributed by atoms with Gasteiger partial charge in [-0.05, 0) is 54.3 Å². The van der Waals surface area contributed by atoms with Crippen LogP contribution in [0.25, 0.3) is 10.8 Å². The highest BCUT2D eigenvalue weighted by atomic mass is 79.9. The van der Waals surface area contributed by atoms with Gasteiger partial charge in [0.15, 0.2) is 0 Å². The second-order valence-electron chi connectivity index (χ2n) is 5.52. The van der Waals surface area contributed by atoms with Gasteiger partial charge >= 0.3 is 0 Å². The van der Waals surface area contributed by atoms with Crippen molar-refractivity contribution < 1.29 is 9.47 Å². The van der Waals surface area contributed by atoms with Gasteiger partial charge in [0, 0.05) is 5.33 Å². The first-order valence-corrected chi connectivity index (χ1v) is 9.23. The van der Waals surface area contributed by atoms with Crippen molar-refractivity contribution in [1.29, 1.82) is 0 Å². The number of unbranched alkanes of at least 4 members (excludes halogenated alkanes) is 2. The highest BCUT2D eigenvalue weighted by Gasteiger charge is 2.06. The number of aryl methyl sites for hydroxylation is 1. The van der Waals surface area contributed by atoms with Gasteiger partial charge in [-0.3, -0.25) is 0 Å². The molecule has 0 bridgehead atoms. The first-order chi connectivity index (χ1) is 10.8. The van der Waals surface area contributed by atoms with Gasteiger partial charge in [0.05, 0.1) is 13.2 Å². The van der Waals surface area contributed by atoms with Crippen molar-refractivity contribution in [3.05, 3.63) is 35.9 Å². The molecule has 0 saturated heterocycles. The molecule has 0 saturated carbocycles. The predicted octanol–water partition coefficient (Wildman–Crippen LogP) is 5.88. The minimum absolute atomic E-state index is 0.744. The molecule has 0 aromatic heterocycles. The Morgan fingerprint density at radius 1 is 0.955 bits per heavy atom. The molecule has 2 aromatic rings. The number of halogens is 1. The van der Waals surface area contributed by atoms with E-state index in [9.17, 15) is 0 Å². The molecule has 2 nitrogen and oxygen atoms in total. The number of benzene rings is 2. The smallest absolute Gasteiger partial charge is 0.122 e. The van der Waals surface area contributed by atoms with Crippen LogP contribution in [0.4, 0.5) is 0 Å². The van der Waals surface area contributed by atoms with Crippen molar-refractivity contribution >= 4 is 26.7 Å². The van der Waals surface area contributed by atoms with Crippen LogP contribution >= 0.6 is 15.9 Å². The molecular formula is C19H25BrO2. The summed E-state index contributed by atoms with van der Waals surface area (Å²) in [6.45, 7) is 5.88. The van der Waals surface area contributed by atoms with Crippen molar-refractivity contribution in [3.8, 4) is 11.5 Å². The molecule has 2 rings (SSSR count). The number of fused-ring (bicyclic) bond motifs is 1. The first-order valence-electron chi connectivity index (χ1n) is 8.11. The summed E-state index contributed by atoms with van der Waals surface area (Å²) in [5, 5.41) is 3.41. The Bertz CT molecular complexity index is 595. The third-order valence-electron chi connectivity index (χ3n) is 3.76. The fourth-order valence-electron chi connectivity index (χ4n) is 2.47. The molecule has 0 radical (unpaired) electrons. The minimum Gasteiger partial charge on any atom is -0.494 e. The van der Waals surface area contributed by atoms with Gasteiger partial charge in [-0.2, -0.15) is 0 Å². The number of rotatable bonds is 9. The van der Waals surface area contributed by atoms with Crippen LogP contribution in [-0.2, 0) is 0 Å². The highest BCUT2D eigenvalue weighted by Crippen LogP contribution is 2.30. The van der Waals surface area contributed by atoms with Gasteiger partial charge in [0.1, 0.15) is 11.5 Å². The zero-order valence-electron chi connectivity index (χ0n) is 13.5. The topological polar surface area (TPSA) is 18.5 Å². The molecule has 0 unspecified atom stereocenters. The maximum atomic E-state index is 5.92. The Kier molecular flexibility index (Phi) is 7.04. The summed E-state index contributed by atoms with van der Waals surface area (Å²) in [6, 6.07) is 10.5. The Morgan fingerprint density at radius 2 is 1.77 bits per heavy atom. The highest BCUT2D eigenvalue weighted by molar-refractivity contribution is 9.09. The second-order valence-corrected chi connectivity index (χ2v) is 6.31. The van der Waals surface area contributed by atoms with E-state index in [-0.39, 0.29) is 0 Å². The maximum absolute atomic E-state index is 5.92. The zero-order chi connectivity index (χ0) is 15.8. The molecule has 3 heteroatoms. The van der Waals surface area contributed by atoms with Crippen LogP contribution in [-0.4, -0.2) is 18.5 Å². The van der Waals surface area contributed by atoms with Gasteiger partial charge in [0.25, 0.3) is 0 Å². The van der Waals surface area contributed by atoms with Gasteiger partial charge < -0.3 is 9.47 Å². The summed E-state index contributed by atoms with van der Waals surface area (Å²) < 4.78 is 11.7. The van der Waals surface area contributed by atoms with E-state index in [0.29, 0.717) is 0 Å². The van der Waals surface area contributed by atoms with E-state index in [4.69, 9.17) is 9.47 Å². The molecule has 2 aromatic carbocycles. The van der Waals surface area contributed by atoms with Crippen molar-refractivity contribution in [2.75, 3.05) is 18.5 Å². The van der Waals surface area contributed by atoms with Crippen LogP contribution in [0.15, 0.2) is 30.3 Å². The average Bonchev–Trinajstić information content (AvgIpc) is 2.54. The average molecular weight is 365 g/mol. The van der Waals surface area contributed by atoms with Crippen LogP contribution in [0.5, 0.6) is 11.5 Å². The van der Waals surface area contributed by atoms with E-state index in [0.717, 1.165) is 42.9 Å². The van der Waals surface area contributed by atoms with Crippen molar-refractivity contribution in [2.45, 2.75) is 39.5 Å². The lowest BCUT2D eigenvalue weighted by molar-refractivity contribution is 0.305. The third-order valence-corrected chi connectivity index (χ3v) is 4.32. The lowest BCUT2D eigenvalue weighted by atomic mass is 10.0. The van der Waals surface area contributed by atoms with E-state index in [1.54, 1.807) is 0 Å². The van der Waals surface area contributed by atoms with Crippen molar-refractivity contribution in [1.82, 2.24) is 0 Å². The van der Waals surface area contributed by atoms with E-state index < -0.39 is 0 Å². The molecule has 0 aliphatic rings. The predicted molar refractivity (Wildman–Crippen MR) is 97.6 cm³/mol. The summed E-state index contributed by atoms with van der Waals surface area (Å²) in [7, 11) is 0. The molecule has 0 atom stereocenters. The number of hydrogen-bond donors (Lipinski definition) is 0. The molecule has 0 amide bonds. The summed E-state index contributed by atoms with van der Waals surface area (Å²) in [6.07, 6.45) is 4.58. The monoisotopic (exact) mass is 364 g/mol. The zero-order valence-corrected chi connectivity index (χ0v) is 15.1. The van der Waals surface area contributed by atoms with Crippen LogP contribution in [0.2, 0.25) is 0 Å². The fourth-order valence-corrected chi connectivity index (χ4v) is 2.70. The van der Waals surface area contributed by atoms with E-state index in [2.05, 4.69) is 54.0 Å². The minimum atomic E-state index is 0.744. The third kappa shape index (κ3) is 4.64. The Hall–Kier alpha value is -1.22. The Labute approximate surface area is 141 Å². The SMILES string of the molecule is CCCCCOc1ccc2cc(OCCCBr)ccc2c1C. The molecule has 120 valence electrons. The number of alkyl halides is 1. The Morgan fingerprint density at radius 3 is 2.55 bits per heavy atom. The largest absolute Gasteiger partial charge is 0.494 e. The Balaban J connectivity index is 2.09. The van der Waals surface area contributed by atoms with E-state index in [1.807, 2.05) is 6.07 Å². The molecule has 0 N–H and O–H groups in total. The molecule has 0 fully saturated rings. The second kappa shape index (κ2) is 9.04. The lowest BCUT2D eigenvalue weighted by Crippen LogP contribution is -1.99. The molecule has 0 spiro atoms. The summed E-state index contributed by atoms with van der Waals surface area (Å²) in [5.74, 6) is 1.93. The number of hydrogen-bond acceptors (Lipinski definition) is 2. The molecule has 0 aliphatic carbocycles. The quantitative estimate of drug-likeness (QED) is 0.408. The molecule has 0 heterocycles. The van der Waals surface area contributed by atoms with Gasteiger partial charge in [-0.25, -0.2) is 0 Å². The van der Waals surface area contributed by atoms with Gasteiger partial charge in [-0.15, -0.1) is 0 Å². The lowest BCUT2D eigenvalue weighted by Gasteiger charge is -2.12. The normalized spacial score (nSPS) is 10.9. The van der Waals surface area contributed by atoms with Crippen LogP contribution in [0.3, 0.4) is 0 Å². The van der Waals surface area contributed by atoms with Crippen LogP contribution < -0.4 is 9.47 Å². The maximum Gasteiger partial charge on any atom is 0.122 e. The molecule has 22 heavy (non-hydrogen) atoms. The van der Waals surface area contributed by atoms with Gasteiger partial charge in [0.2, 0.25) is 0 Å². The van der Waals surface area contributed by atoms with Gasteiger partial charge in [-0.1, -0.05) is 47.8 Å². The summed E-state index contributed by atoms with van der Waals surface area (Å²) in [4.78, 5) is 0. The fraction of sp³-hybridized carbons (Fsp3) is 0.474. The van der Waals surface area contributed by atoms with E-state index in [1.165, 1.54) is 29.2 Å². The standard InChI is InChI=1S/C19H25BrO2/c1-3-4-5-12-22-19-10-7-16-14-17(21-13-6-11-20)8-9-18(16)15(19)2/h7-10,14H,3-6,11-13H2,1-2H3. The molecule has 0 aliphatic heterocycles. The van der Waals surface area contributed by atoms with Crippen molar-refractivity contribution in [3.63, 3.8) is 0 Å². The van der Waals surface area contributed by atoms with Crippen molar-refractivity contribution in [2.24, 2.45) is 0 Å². The summed E-state index contributed by atoms with van der Waals surface area (Å²) in [5.41, 5.74) is 1.21. The molecular weight excluding hydrogens is 340 g/mol. The van der Waals surface area contributed by atoms with E-state index >= 15 is 0 Å². The number of ether oxygens (including phenoxy) is 2. The van der Waals surface area contributed by atoms with Crippen LogP contribution in [0, 0.1) is 6.92 Å².